The maximum Gasteiger partial charge on any atom is 0.265 e. The van der Waals surface area contributed by atoms with Gasteiger partial charge in [-0.25, -0.2) is 9.57 Å². The van der Waals surface area contributed by atoms with Crippen LogP contribution in [0.5, 0.6) is 11.5 Å². The van der Waals surface area contributed by atoms with Gasteiger partial charge in [-0.1, -0.05) is 6.58 Å². The summed E-state index contributed by atoms with van der Waals surface area (Å²) in [5.74, 6) is 0.770. The Balaban J connectivity index is 1.64. The Kier molecular flexibility index (Phi) is 6.56. The van der Waals surface area contributed by atoms with E-state index in [-0.39, 0.29) is 23.0 Å². The van der Waals surface area contributed by atoms with E-state index in [1.807, 2.05) is 12.1 Å². The molecule has 0 spiro atoms. The Labute approximate surface area is 218 Å². The van der Waals surface area contributed by atoms with Crippen molar-refractivity contribution in [2.45, 2.75) is 64.3 Å². The Morgan fingerprint density at radius 1 is 1.27 bits per heavy atom. The largest absolute Gasteiger partial charge is 0.513 e. The molecule has 0 fully saturated rings. The van der Waals surface area contributed by atoms with Gasteiger partial charge in [0.15, 0.2) is 11.5 Å². The molecule has 0 saturated heterocycles. The van der Waals surface area contributed by atoms with Crippen molar-refractivity contribution >= 4 is 21.5 Å². The molecule has 2 aromatic carbocycles. The fourth-order valence-corrected chi connectivity index (χ4v) is 6.95. The molecule has 198 valence electrons. The molecule has 5 rings (SSSR count). The van der Waals surface area contributed by atoms with Gasteiger partial charge in [0.1, 0.15) is 24.1 Å². The Morgan fingerprint density at radius 3 is 2.76 bits per heavy atom. The number of benzene rings is 2. The van der Waals surface area contributed by atoms with Gasteiger partial charge in [0.05, 0.1) is 17.6 Å². The summed E-state index contributed by atoms with van der Waals surface area (Å²) in [5, 5.41) is 11.6. The number of ether oxygens (including phenoxy) is 1. The molecule has 0 aromatic heterocycles. The molecule has 2 aromatic rings. The third-order valence-electron chi connectivity index (χ3n) is 7.79. The van der Waals surface area contributed by atoms with Crippen molar-refractivity contribution in [3.63, 3.8) is 0 Å². The van der Waals surface area contributed by atoms with Crippen molar-refractivity contribution in [2.24, 2.45) is 4.99 Å². The highest BCUT2D eigenvalue weighted by Crippen LogP contribution is 2.49. The van der Waals surface area contributed by atoms with Crippen LogP contribution in [-0.2, 0) is 16.5 Å². The van der Waals surface area contributed by atoms with Crippen LogP contribution >= 0.6 is 0 Å². The number of aliphatic hydroxyl groups excluding tert-OH is 1. The van der Waals surface area contributed by atoms with Crippen molar-refractivity contribution in [2.75, 3.05) is 30.3 Å². The van der Waals surface area contributed by atoms with E-state index in [1.165, 1.54) is 10.9 Å². The highest BCUT2D eigenvalue weighted by Gasteiger charge is 2.40. The first-order valence-electron chi connectivity index (χ1n) is 13.0. The fraction of sp³-hybridized carbons (Fsp3) is 0.500. The summed E-state index contributed by atoms with van der Waals surface area (Å²) >= 11 is 0. The lowest BCUT2D eigenvalue weighted by Crippen LogP contribution is -2.50. The van der Waals surface area contributed by atoms with Crippen LogP contribution in [0.15, 0.2) is 41.6 Å². The van der Waals surface area contributed by atoms with Crippen LogP contribution in [0.2, 0.25) is 0 Å². The maximum atomic E-state index is 11.9. The van der Waals surface area contributed by atoms with Gasteiger partial charge in [-0.2, -0.15) is 8.42 Å². The Hall–Kier alpha value is -2.91. The minimum absolute atomic E-state index is 0.146. The third kappa shape index (κ3) is 5.11. The second kappa shape index (κ2) is 9.44. The molecule has 3 aliphatic heterocycles. The average molecular weight is 527 g/mol. The van der Waals surface area contributed by atoms with Gasteiger partial charge in [-0.3, -0.25) is 4.55 Å². The van der Waals surface area contributed by atoms with Gasteiger partial charge in [-0.15, -0.1) is 0 Å². The highest BCUT2D eigenvalue weighted by atomic mass is 32.2. The van der Waals surface area contributed by atoms with E-state index in [2.05, 4.69) is 49.0 Å². The van der Waals surface area contributed by atoms with Gasteiger partial charge in [0.2, 0.25) is 5.36 Å². The topological polar surface area (TPSA) is 102 Å². The zero-order valence-corrected chi connectivity index (χ0v) is 22.6. The summed E-state index contributed by atoms with van der Waals surface area (Å²) in [7, 11) is -4.18. The smallest absolute Gasteiger partial charge is 0.265 e. The predicted octanol–water partition coefficient (Wildman–Crippen LogP) is 4.01. The molecule has 37 heavy (non-hydrogen) atoms. The fourth-order valence-electron chi connectivity index (χ4n) is 6.14. The lowest BCUT2D eigenvalue weighted by Gasteiger charge is -2.48. The van der Waals surface area contributed by atoms with Gasteiger partial charge in [0, 0.05) is 48.2 Å². The first-order valence-corrected chi connectivity index (χ1v) is 14.6. The normalized spacial score (nSPS) is 19.6. The van der Waals surface area contributed by atoms with Crippen molar-refractivity contribution < 1.29 is 22.8 Å². The van der Waals surface area contributed by atoms with Crippen LogP contribution in [0, 0.1) is 0 Å². The van der Waals surface area contributed by atoms with Crippen LogP contribution in [0.25, 0.3) is 0 Å². The summed E-state index contributed by atoms with van der Waals surface area (Å²) in [5.41, 5.74) is 3.27. The Bertz CT molecular complexity index is 1500. The molecule has 2 N–H and O–H groups in total. The third-order valence-corrected chi connectivity index (χ3v) is 8.62. The molecular formula is C28H36N3O5S+. The first kappa shape index (κ1) is 25.7. The number of anilines is 1. The number of hydrogen-bond acceptors (Lipinski definition) is 6. The van der Waals surface area contributed by atoms with E-state index in [9.17, 15) is 18.1 Å². The van der Waals surface area contributed by atoms with E-state index in [0.717, 1.165) is 48.3 Å². The van der Waals surface area contributed by atoms with Crippen LogP contribution in [0.3, 0.4) is 0 Å². The van der Waals surface area contributed by atoms with Crippen molar-refractivity contribution in [3.8, 4) is 11.5 Å². The second-order valence-corrected chi connectivity index (χ2v) is 12.5. The van der Waals surface area contributed by atoms with Crippen LogP contribution in [0.4, 0.5) is 11.4 Å². The molecule has 0 bridgehead atoms. The summed E-state index contributed by atoms with van der Waals surface area (Å²) in [4.78, 5) is 7.18. The molecule has 3 heterocycles. The number of rotatable bonds is 7. The molecule has 1 unspecified atom stereocenters. The summed E-state index contributed by atoms with van der Waals surface area (Å²) in [6.07, 6.45) is 3.85. The quantitative estimate of drug-likeness (QED) is 0.274. The highest BCUT2D eigenvalue weighted by molar-refractivity contribution is 7.85. The summed E-state index contributed by atoms with van der Waals surface area (Å²) < 4.78 is 42.4. The number of aryl methyl sites for hydroxylation is 1. The van der Waals surface area contributed by atoms with E-state index in [1.54, 1.807) is 0 Å². The van der Waals surface area contributed by atoms with Crippen molar-refractivity contribution in [1.82, 2.24) is 4.58 Å². The first-order chi connectivity index (χ1) is 17.4. The van der Waals surface area contributed by atoms with Gasteiger partial charge >= 0.3 is 0 Å². The lowest BCUT2D eigenvalue weighted by atomic mass is 9.79. The Morgan fingerprint density at radius 2 is 2.05 bits per heavy atom. The van der Waals surface area contributed by atoms with Gasteiger partial charge in [-0.05, 0) is 57.7 Å². The van der Waals surface area contributed by atoms with Crippen LogP contribution in [0.1, 0.15) is 63.5 Å². The zero-order valence-electron chi connectivity index (χ0n) is 21.8. The van der Waals surface area contributed by atoms with Crippen LogP contribution < -0.4 is 24.9 Å². The number of aliphatic hydroxyl groups is 1. The number of hydrogen-bond donors (Lipinski definition) is 2. The molecule has 3 aliphatic rings. The molecule has 0 amide bonds. The molecule has 1 atom stereocenters. The number of fused-ring (bicyclic) bond motifs is 4. The molecular weight excluding hydrogens is 490 g/mol. The van der Waals surface area contributed by atoms with Gasteiger partial charge < -0.3 is 14.7 Å². The van der Waals surface area contributed by atoms with E-state index < -0.39 is 10.1 Å². The summed E-state index contributed by atoms with van der Waals surface area (Å²) in [6.45, 7) is 12.5. The molecule has 0 saturated carbocycles. The van der Waals surface area contributed by atoms with E-state index in [4.69, 9.17) is 9.73 Å². The number of nitrogens with zero attached hydrogens (tertiary/aromatic N) is 3. The van der Waals surface area contributed by atoms with Gasteiger partial charge in [0.25, 0.3) is 10.1 Å². The molecule has 9 heteroatoms. The average Bonchev–Trinajstić information content (AvgIpc) is 2.80. The van der Waals surface area contributed by atoms with E-state index >= 15 is 0 Å². The maximum absolute atomic E-state index is 11.9. The zero-order chi connectivity index (χ0) is 26.5. The molecule has 8 nitrogen and oxygen atoms in total. The lowest BCUT2D eigenvalue weighted by molar-refractivity contribution is 0.356. The SMILES string of the molecule is C=C(O)CCCN1c2cc3c(cc2C(CS(=O)(=O)O)CC1(C)C)N=c1cc2c(cc1O3)=[N+](CC)CCC2. The van der Waals surface area contributed by atoms with Crippen molar-refractivity contribution in [1.29, 1.82) is 0 Å². The second-order valence-electron chi connectivity index (χ2n) is 11.0. The predicted molar refractivity (Wildman–Crippen MR) is 145 cm³/mol. The monoisotopic (exact) mass is 526 g/mol. The molecule has 0 aliphatic carbocycles. The van der Waals surface area contributed by atoms with E-state index in [0.29, 0.717) is 37.2 Å². The number of allylic oxidation sites excluding steroid dienone is 1. The molecule has 0 radical (unpaired) electrons. The summed E-state index contributed by atoms with van der Waals surface area (Å²) in [6, 6.07) is 8.09. The standard InChI is InChI=1S/C28H35N3O5S/c1-5-30-10-7-9-19-12-22-26(14-24(19)30)36-27-15-25-21(13-23(27)29-22)20(17-37(33,34)35)16-28(3,4)31(25)11-6-8-18(2)32/h12-15,20H,2,5-11,16-17H2,1,3-4H3,(H-,32,33,34,35)/p+1. The van der Waals surface area contributed by atoms with Crippen LogP contribution in [-0.4, -0.2) is 49.0 Å². The van der Waals surface area contributed by atoms with Crippen molar-refractivity contribution in [3.05, 3.63) is 58.4 Å². The minimum Gasteiger partial charge on any atom is -0.513 e. The minimum atomic E-state index is -4.18.